The lowest BCUT2D eigenvalue weighted by Crippen LogP contribution is -2.27. The maximum atomic E-state index is 2.59. The minimum atomic E-state index is -0.158. The van der Waals surface area contributed by atoms with E-state index in [1.54, 1.807) is 0 Å². The summed E-state index contributed by atoms with van der Waals surface area (Å²) in [5, 5.41) is 8.14. The standard InChI is InChI=1S/C27H18N2/c1-27(2)21-11-6-10-18-16-8-5-9-17-20-14-13-19-15-7-3-4-12-22(15)29(27)26(19)25(20)28(23(16)17)24(18)21/h3-14H,1-2H3. The molecule has 4 heterocycles. The van der Waals surface area contributed by atoms with Crippen LogP contribution in [-0.2, 0) is 5.54 Å². The highest BCUT2D eigenvalue weighted by atomic mass is 15.1. The summed E-state index contributed by atoms with van der Waals surface area (Å²) in [4.78, 5) is 0. The minimum absolute atomic E-state index is 0.158. The number of nitrogens with zero attached hydrogens (tertiary/aromatic N) is 2. The molecule has 1 aliphatic heterocycles. The number of aromatic nitrogens is 2. The van der Waals surface area contributed by atoms with Crippen molar-refractivity contribution < 1.29 is 0 Å². The van der Waals surface area contributed by atoms with Gasteiger partial charge in [0.15, 0.2) is 0 Å². The predicted octanol–water partition coefficient (Wildman–Crippen LogP) is 7.04. The zero-order valence-electron chi connectivity index (χ0n) is 16.3. The molecule has 0 N–H and O–H groups in total. The number of fused-ring (bicyclic) bond motifs is 5. The van der Waals surface area contributed by atoms with E-state index in [4.69, 9.17) is 0 Å². The molecule has 0 atom stereocenters. The van der Waals surface area contributed by atoms with Crippen LogP contribution in [0.3, 0.4) is 0 Å². The average Bonchev–Trinajstić information content (AvgIpc) is 3.35. The Morgan fingerprint density at radius 1 is 0.517 bits per heavy atom. The molecule has 29 heavy (non-hydrogen) atoms. The molecule has 136 valence electrons. The Balaban J connectivity index is 1.90. The quantitative estimate of drug-likeness (QED) is 0.271. The van der Waals surface area contributed by atoms with Gasteiger partial charge in [0.25, 0.3) is 0 Å². The van der Waals surface area contributed by atoms with Crippen molar-refractivity contribution in [3.05, 3.63) is 78.4 Å². The van der Waals surface area contributed by atoms with E-state index in [-0.39, 0.29) is 5.54 Å². The first-order chi connectivity index (χ1) is 14.2. The number of benzene rings is 4. The van der Waals surface area contributed by atoms with Crippen LogP contribution in [0.5, 0.6) is 0 Å². The Hall–Kier alpha value is -3.52. The van der Waals surface area contributed by atoms with Crippen LogP contribution >= 0.6 is 0 Å². The van der Waals surface area contributed by atoms with Gasteiger partial charge in [-0.05, 0) is 19.9 Å². The van der Waals surface area contributed by atoms with Crippen molar-refractivity contribution in [3.8, 4) is 0 Å². The third-order valence-corrected chi connectivity index (χ3v) is 7.35. The van der Waals surface area contributed by atoms with E-state index in [0.29, 0.717) is 0 Å². The zero-order chi connectivity index (χ0) is 19.1. The number of hydrogen-bond acceptors (Lipinski definition) is 0. The van der Waals surface area contributed by atoms with E-state index in [1.165, 1.54) is 65.5 Å². The van der Waals surface area contributed by atoms with Crippen molar-refractivity contribution in [1.29, 1.82) is 0 Å². The molecule has 0 saturated carbocycles. The fraction of sp³-hybridized carbons (Fsp3) is 0.111. The van der Waals surface area contributed by atoms with Gasteiger partial charge in [-0.15, -0.1) is 0 Å². The van der Waals surface area contributed by atoms with Gasteiger partial charge in [0.2, 0.25) is 0 Å². The Morgan fingerprint density at radius 3 is 1.90 bits per heavy atom. The first-order valence-corrected chi connectivity index (χ1v) is 10.3. The van der Waals surface area contributed by atoms with Gasteiger partial charge < -0.3 is 8.97 Å². The second-order valence-corrected chi connectivity index (χ2v) is 9.01. The van der Waals surface area contributed by atoms with Crippen LogP contribution in [0, 0.1) is 0 Å². The van der Waals surface area contributed by atoms with E-state index >= 15 is 0 Å². The van der Waals surface area contributed by atoms with Crippen LogP contribution in [0.2, 0.25) is 0 Å². The molecular weight excluding hydrogens is 352 g/mol. The van der Waals surface area contributed by atoms with Crippen LogP contribution in [0.1, 0.15) is 19.4 Å². The van der Waals surface area contributed by atoms with Crippen LogP contribution in [0.25, 0.3) is 59.9 Å². The lowest BCUT2D eigenvalue weighted by molar-refractivity contribution is 0.470. The van der Waals surface area contributed by atoms with E-state index in [2.05, 4.69) is 95.6 Å². The molecule has 8 rings (SSSR count). The molecule has 2 heteroatoms. The van der Waals surface area contributed by atoms with Crippen molar-refractivity contribution in [2.24, 2.45) is 0 Å². The van der Waals surface area contributed by atoms with Crippen molar-refractivity contribution in [2.75, 3.05) is 0 Å². The summed E-state index contributed by atoms with van der Waals surface area (Å²) in [6.07, 6.45) is 0. The fourth-order valence-corrected chi connectivity index (χ4v) is 6.23. The second kappa shape index (κ2) is 4.23. The lowest BCUT2D eigenvalue weighted by atomic mass is 9.91. The molecule has 7 aromatic rings. The van der Waals surface area contributed by atoms with Crippen molar-refractivity contribution in [1.82, 2.24) is 8.97 Å². The van der Waals surface area contributed by atoms with Gasteiger partial charge in [-0.25, -0.2) is 0 Å². The molecule has 0 bridgehead atoms. The smallest absolute Gasteiger partial charge is 0.0786 e. The molecule has 4 aromatic carbocycles. The lowest BCUT2D eigenvalue weighted by Gasteiger charge is -2.29. The summed E-state index contributed by atoms with van der Waals surface area (Å²) in [5.74, 6) is 0. The van der Waals surface area contributed by atoms with Crippen LogP contribution in [0.4, 0.5) is 0 Å². The highest BCUT2D eigenvalue weighted by Gasteiger charge is 2.35. The first kappa shape index (κ1) is 14.5. The first-order valence-electron chi connectivity index (χ1n) is 10.3. The van der Waals surface area contributed by atoms with Gasteiger partial charge in [0, 0.05) is 43.4 Å². The highest BCUT2D eigenvalue weighted by molar-refractivity contribution is 6.29. The summed E-state index contributed by atoms with van der Waals surface area (Å²) in [7, 11) is 0. The third kappa shape index (κ3) is 1.33. The molecule has 1 aliphatic rings. The number of rotatable bonds is 0. The highest BCUT2D eigenvalue weighted by Crippen LogP contribution is 2.49. The average molecular weight is 370 g/mol. The maximum Gasteiger partial charge on any atom is 0.0786 e. The van der Waals surface area contributed by atoms with E-state index < -0.39 is 0 Å². The van der Waals surface area contributed by atoms with Crippen molar-refractivity contribution in [2.45, 2.75) is 19.4 Å². The van der Waals surface area contributed by atoms with Gasteiger partial charge in [0.05, 0.1) is 27.6 Å². The summed E-state index contributed by atoms with van der Waals surface area (Å²) < 4.78 is 5.16. The molecular formula is C27H18N2. The fourth-order valence-electron chi connectivity index (χ4n) is 6.23. The van der Waals surface area contributed by atoms with Crippen LogP contribution in [-0.4, -0.2) is 8.97 Å². The summed E-state index contributed by atoms with van der Waals surface area (Å²) >= 11 is 0. The Labute approximate surface area is 166 Å². The van der Waals surface area contributed by atoms with Gasteiger partial charge >= 0.3 is 0 Å². The largest absolute Gasteiger partial charge is 0.329 e. The number of para-hydroxylation sites is 3. The topological polar surface area (TPSA) is 9.34 Å². The van der Waals surface area contributed by atoms with Gasteiger partial charge in [-0.1, -0.05) is 66.7 Å². The van der Waals surface area contributed by atoms with E-state index in [0.717, 1.165) is 0 Å². The molecule has 3 aromatic heterocycles. The molecule has 0 spiro atoms. The summed E-state index contributed by atoms with van der Waals surface area (Å²) in [5.41, 5.74) is 8.01. The van der Waals surface area contributed by atoms with Crippen LogP contribution < -0.4 is 0 Å². The van der Waals surface area contributed by atoms with E-state index in [9.17, 15) is 0 Å². The minimum Gasteiger partial charge on any atom is -0.329 e. The molecule has 0 radical (unpaired) electrons. The monoisotopic (exact) mass is 370 g/mol. The van der Waals surface area contributed by atoms with Crippen molar-refractivity contribution >= 4 is 59.9 Å². The molecule has 0 saturated heterocycles. The Kier molecular flexibility index (Phi) is 2.11. The molecule has 0 fully saturated rings. The maximum absolute atomic E-state index is 2.59. The zero-order valence-corrected chi connectivity index (χ0v) is 16.3. The summed E-state index contributed by atoms with van der Waals surface area (Å²) in [6, 6.07) is 27.2. The normalized spacial score (nSPS) is 15.5. The summed E-state index contributed by atoms with van der Waals surface area (Å²) in [6.45, 7) is 4.75. The third-order valence-electron chi connectivity index (χ3n) is 7.35. The van der Waals surface area contributed by atoms with Gasteiger partial charge in [0.1, 0.15) is 0 Å². The SMILES string of the molecule is CC1(C)c2cccc3c4cccc5c6ccc7c8ccccc8n1c7c6n(c23)c45. The van der Waals surface area contributed by atoms with Gasteiger partial charge in [-0.2, -0.15) is 0 Å². The molecule has 0 aliphatic carbocycles. The molecule has 0 unspecified atom stereocenters. The van der Waals surface area contributed by atoms with Gasteiger partial charge in [-0.3, -0.25) is 0 Å². The number of hydrogen-bond donors (Lipinski definition) is 0. The molecule has 0 amide bonds. The Bertz CT molecular complexity index is 1820. The molecule has 2 nitrogen and oxygen atoms in total. The van der Waals surface area contributed by atoms with Crippen molar-refractivity contribution in [3.63, 3.8) is 0 Å². The second-order valence-electron chi connectivity index (χ2n) is 9.01. The van der Waals surface area contributed by atoms with Crippen LogP contribution in [0.15, 0.2) is 72.8 Å². The predicted molar refractivity (Wildman–Crippen MR) is 123 cm³/mol. The Morgan fingerprint density at radius 2 is 1.10 bits per heavy atom. The van der Waals surface area contributed by atoms with E-state index in [1.807, 2.05) is 0 Å².